The van der Waals surface area contributed by atoms with E-state index >= 15 is 0 Å². The largest absolute Gasteiger partial charge is 0.491 e. The summed E-state index contributed by atoms with van der Waals surface area (Å²) in [5, 5.41) is 24.8. The predicted molar refractivity (Wildman–Crippen MR) is 111 cm³/mol. The highest BCUT2D eigenvalue weighted by molar-refractivity contribution is 5.84. The van der Waals surface area contributed by atoms with Crippen LogP contribution in [0.25, 0.3) is 21.5 Å². The summed E-state index contributed by atoms with van der Waals surface area (Å²) in [6.07, 6.45) is -2.10. The Balaban J connectivity index is 1.31. The molecule has 2 atom stereocenters. The number of hydrogen-bond acceptors (Lipinski definition) is 4. The van der Waals surface area contributed by atoms with E-state index in [9.17, 15) is 10.2 Å². The summed E-state index contributed by atoms with van der Waals surface area (Å²) in [6, 6.07) is 27.5. The molecule has 0 spiro atoms. The average Bonchev–Trinajstić information content (AvgIpc) is 2.75. The molecule has 0 amide bonds. The van der Waals surface area contributed by atoms with Crippen LogP contribution >= 0.6 is 0 Å². The van der Waals surface area contributed by atoms with E-state index in [-0.39, 0.29) is 13.2 Å². The van der Waals surface area contributed by atoms with Gasteiger partial charge in [-0.05, 0) is 45.8 Å². The zero-order valence-corrected chi connectivity index (χ0v) is 15.4. The van der Waals surface area contributed by atoms with Crippen molar-refractivity contribution >= 4 is 21.5 Å². The van der Waals surface area contributed by atoms with Gasteiger partial charge >= 0.3 is 0 Å². The molecule has 142 valence electrons. The Hall–Kier alpha value is -3.08. The van der Waals surface area contributed by atoms with Gasteiger partial charge in [-0.15, -0.1) is 0 Å². The minimum Gasteiger partial charge on any atom is -0.491 e. The molecular formula is C24H22O4. The van der Waals surface area contributed by atoms with E-state index in [1.807, 2.05) is 84.9 Å². The third kappa shape index (κ3) is 4.25. The van der Waals surface area contributed by atoms with Gasteiger partial charge in [0.05, 0.1) is 0 Å². The van der Waals surface area contributed by atoms with Crippen molar-refractivity contribution in [3.8, 4) is 11.5 Å². The lowest BCUT2D eigenvalue weighted by molar-refractivity contribution is -0.0288. The predicted octanol–water partition coefficient (Wildman–Crippen LogP) is 4.17. The smallest absolute Gasteiger partial charge is 0.120 e. The van der Waals surface area contributed by atoms with Crippen molar-refractivity contribution in [2.75, 3.05) is 13.2 Å². The fraction of sp³-hybridized carbons (Fsp3) is 0.167. The molecule has 4 rings (SSSR count). The zero-order chi connectivity index (χ0) is 19.3. The van der Waals surface area contributed by atoms with Gasteiger partial charge < -0.3 is 19.7 Å². The van der Waals surface area contributed by atoms with E-state index in [2.05, 4.69) is 0 Å². The summed E-state index contributed by atoms with van der Waals surface area (Å²) >= 11 is 0. The molecule has 4 heteroatoms. The summed E-state index contributed by atoms with van der Waals surface area (Å²) in [5.74, 6) is 1.31. The highest BCUT2D eigenvalue weighted by atomic mass is 16.5. The number of benzene rings is 4. The minimum atomic E-state index is -1.05. The zero-order valence-electron chi connectivity index (χ0n) is 15.4. The summed E-state index contributed by atoms with van der Waals surface area (Å²) in [7, 11) is 0. The SMILES string of the molecule is O[C@H](COc1ccc2ccccc2c1)[C@H](O)COc1ccc2ccccc2c1. The maximum atomic E-state index is 10.2. The molecule has 0 bridgehead atoms. The standard InChI is InChI=1S/C24H22O4/c25-23(15-27-21-11-9-17-5-1-3-7-19(17)13-21)24(26)16-28-22-12-10-18-6-2-4-8-20(18)14-22/h1-14,23-26H,15-16H2/t23-,24-/m1/s1. The Labute approximate surface area is 163 Å². The van der Waals surface area contributed by atoms with Gasteiger partial charge in [-0.3, -0.25) is 0 Å². The van der Waals surface area contributed by atoms with Crippen LogP contribution in [0.4, 0.5) is 0 Å². The minimum absolute atomic E-state index is 0.0133. The van der Waals surface area contributed by atoms with Gasteiger partial charge in [0.25, 0.3) is 0 Å². The molecule has 0 heterocycles. The molecule has 0 saturated carbocycles. The Morgan fingerprint density at radius 1 is 0.536 bits per heavy atom. The van der Waals surface area contributed by atoms with Crippen molar-refractivity contribution in [3.05, 3.63) is 84.9 Å². The van der Waals surface area contributed by atoms with Crippen LogP contribution in [-0.2, 0) is 0 Å². The molecule has 0 saturated heterocycles. The van der Waals surface area contributed by atoms with Crippen LogP contribution in [0.5, 0.6) is 11.5 Å². The lowest BCUT2D eigenvalue weighted by Gasteiger charge is -2.19. The maximum Gasteiger partial charge on any atom is 0.120 e. The molecule has 4 nitrogen and oxygen atoms in total. The first-order valence-electron chi connectivity index (χ1n) is 9.28. The monoisotopic (exact) mass is 374 g/mol. The molecule has 4 aromatic carbocycles. The van der Waals surface area contributed by atoms with Crippen molar-refractivity contribution in [1.82, 2.24) is 0 Å². The summed E-state index contributed by atoms with van der Waals surface area (Å²) in [4.78, 5) is 0. The first-order valence-corrected chi connectivity index (χ1v) is 9.28. The molecule has 28 heavy (non-hydrogen) atoms. The summed E-state index contributed by atoms with van der Waals surface area (Å²) < 4.78 is 11.3. The molecule has 0 aliphatic rings. The van der Waals surface area contributed by atoms with E-state index in [1.165, 1.54) is 0 Å². The second-order valence-corrected chi connectivity index (χ2v) is 6.77. The van der Waals surface area contributed by atoms with Crippen molar-refractivity contribution < 1.29 is 19.7 Å². The first-order chi connectivity index (χ1) is 13.7. The second-order valence-electron chi connectivity index (χ2n) is 6.77. The fourth-order valence-electron chi connectivity index (χ4n) is 3.10. The van der Waals surface area contributed by atoms with E-state index in [0.717, 1.165) is 21.5 Å². The molecular weight excluding hydrogens is 352 g/mol. The molecule has 0 aliphatic heterocycles. The summed E-state index contributed by atoms with van der Waals surface area (Å²) in [5.41, 5.74) is 0. The Morgan fingerprint density at radius 3 is 1.36 bits per heavy atom. The van der Waals surface area contributed by atoms with Crippen LogP contribution < -0.4 is 9.47 Å². The number of aliphatic hydroxyl groups excluding tert-OH is 2. The lowest BCUT2D eigenvalue weighted by Crippen LogP contribution is -2.36. The topological polar surface area (TPSA) is 58.9 Å². The van der Waals surface area contributed by atoms with Crippen LogP contribution in [0.15, 0.2) is 84.9 Å². The van der Waals surface area contributed by atoms with Crippen LogP contribution in [0.3, 0.4) is 0 Å². The van der Waals surface area contributed by atoms with Crippen LogP contribution in [0.2, 0.25) is 0 Å². The van der Waals surface area contributed by atoms with Gasteiger partial charge in [0.2, 0.25) is 0 Å². The number of ether oxygens (including phenoxy) is 2. The first kappa shape index (κ1) is 18.3. The second kappa shape index (κ2) is 8.30. The van der Waals surface area contributed by atoms with Crippen molar-refractivity contribution in [3.63, 3.8) is 0 Å². The van der Waals surface area contributed by atoms with E-state index < -0.39 is 12.2 Å². The average molecular weight is 374 g/mol. The molecule has 0 radical (unpaired) electrons. The van der Waals surface area contributed by atoms with Gasteiger partial charge in [0, 0.05) is 0 Å². The van der Waals surface area contributed by atoms with Crippen molar-refractivity contribution in [1.29, 1.82) is 0 Å². The normalized spacial score (nSPS) is 13.4. The highest BCUT2D eigenvalue weighted by Crippen LogP contribution is 2.22. The lowest BCUT2D eigenvalue weighted by atomic mass is 10.1. The van der Waals surface area contributed by atoms with Crippen LogP contribution in [0.1, 0.15) is 0 Å². The molecule has 0 aromatic heterocycles. The number of fused-ring (bicyclic) bond motifs is 2. The van der Waals surface area contributed by atoms with Crippen LogP contribution in [0, 0.1) is 0 Å². The third-order valence-electron chi connectivity index (χ3n) is 4.73. The van der Waals surface area contributed by atoms with Gasteiger partial charge in [0.15, 0.2) is 0 Å². The van der Waals surface area contributed by atoms with Gasteiger partial charge in [-0.25, -0.2) is 0 Å². The highest BCUT2D eigenvalue weighted by Gasteiger charge is 2.18. The van der Waals surface area contributed by atoms with Crippen molar-refractivity contribution in [2.45, 2.75) is 12.2 Å². The Bertz CT molecular complexity index is 989. The van der Waals surface area contributed by atoms with Gasteiger partial charge in [0.1, 0.15) is 36.9 Å². The van der Waals surface area contributed by atoms with E-state index in [0.29, 0.717) is 11.5 Å². The van der Waals surface area contributed by atoms with Crippen molar-refractivity contribution in [2.24, 2.45) is 0 Å². The third-order valence-corrected chi connectivity index (χ3v) is 4.73. The Morgan fingerprint density at radius 2 is 0.929 bits per heavy atom. The maximum absolute atomic E-state index is 10.2. The van der Waals surface area contributed by atoms with Crippen LogP contribution in [-0.4, -0.2) is 35.6 Å². The molecule has 2 N–H and O–H groups in total. The molecule has 0 aliphatic carbocycles. The number of aliphatic hydroxyl groups is 2. The quantitative estimate of drug-likeness (QED) is 0.510. The Kier molecular flexibility index (Phi) is 5.42. The fourth-order valence-corrected chi connectivity index (χ4v) is 3.10. The molecule has 0 unspecified atom stereocenters. The number of rotatable bonds is 7. The van der Waals surface area contributed by atoms with Gasteiger partial charge in [-0.1, -0.05) is 60.7 Å². The van der Waals surface area contributed by atoms with Gasteiger partial charge in [-0.2, -0.15) is 0 Å². The molecule has 4 aromatic rings. The molecule has 0 fully saturated rings. The van der Waals surface area contributed by atoms with E-state index in [1.54, 1.807) is 0 Å². The number of hydrogen-bond donors (Lipinski definition) is 2. The summed E-state index contributed by atoms with van der Waals surface area (Å²) in [6.45, 7) is -0.0266. The van der Waals surface area contributed by atoms with E-state index in [4.69, 9.17) is 9.47 Å².